The van der Waals surface area contributed by atoms with E-state index in [-0.39, 0.29) is 17.3 Å². The number of sulfonamides is 1. The lowest BCUT2D eigenvalue weighted by atomic mass is 10.1. The molecule has 0 saturated heterocycles. The highest BCUT2D eigenvalue weighted by atomic mass is 35.5. The predicted octanol–water partition coefficient (Wildman–Crippen LogP) is 6.22. The SMILES string of the molecule is CCCCNC(=O)C(CC)N(Cc1ccc(Cl)cc1Cl)C(=O)CN(c1cccc(C)c1)S(=O)(=O)c1ccccc1. The Kier molecular flexibility index (Phi) is 11.4. The van der Waals surface area contributed by atoms with Crippen LogP contribution in [0.4, 0.5) is 5.69 Å². The van der Waals surface area contributed by atoms with E-state index in [1.807, 2.05) is 26.8 Å². The molecule has 0 radical (unpaired) electrons. The van der Waals surface area contributed by atoms with Crippen molar-refractivity contribution >= 4 is 50.7 Å². The number of aryl methyl sites for hydroxylation is 1. The number of rotatable bonds is 13. The number of amides is 2. The van der Waals surface area contributed by atoms with Gasteiger partial charge >= 0.3 is 0 Å². The number of carbonyl (C=O) groups excluding carboxylic acids is 2. The quantitative estimate of drug-likeness (QED) is 0.235. The molecule has 214 valence electrons. The molecule has 0 heterocycles. The summed E-state index contributed by atoms with van der Waals surface area (Å²) in [5, 5.41) is 3.70. The molecule has 40 heavy (non-hydrogen) atoms. The van der Waals surface area contributed by atoms with Crippen LogP contribution >= 0.6 is 23.2 Å². The van der Waals surface area contributed by atoms with Gasteiger partial charge in [-0.2, -0.15) is 0 Å². The molecule has 1 atom stereocenters. The fourth-order valence-corrected chi connectivity index (χ4v) is 6.19. The average molecular weight is 605 g/mol. The van der Waals surface area contributed by atoms with E-state index in [0.717, 1.165) is 22.7 Å². The van der Waals surface area contributed by atoms with Crippen LogP contribution in [0, 0.1) is 6.92 Å². The van der Waals surface area contributed by atoms with Gasteiger partial charge in [0.1, 0.15) is 12.6 Å². The summed E-state index contributed by atoms with van der Waals surface area (Å²) >= 11 is 12.5. The minimum absolute atomic E-state index is 0.00157. The minimum atomic E-state index is -4.11. The van der Waals surface area contributed by atoms with Crippen molar-refractivity contribution in [3.8, 4) is 0 Å². The summed E-state index contributed by atoms with van der Waals surface area (Å²) in [6.45, 7) is 5.66. The van der Waals surface area contributed by atoms with Crippen molar-refractivity contribution in [3.05, 3.63) is 94.0 Å². The first-order chi connectivity index (χ1) is 19.1. The second kappa shape index (κ2) is 14.5. The van der Waals surface area contributed by atoms with Crippen LogP contribution in [0.25, 0.3) is 0 Å². The molecule has 0 saturated carbocycles. The maximum atomic E-state index is 14.1. The Morgan fingerprint density at radius 2 is 1.68 bits per heavy atom. The molecule has 7 nitrogen and oxygen atoms in total. The van der Waals surface area contributed by atoms with Crippen molar-refractivity contribution in [2.75, 3.05) is 17.4 Å². The monoisotopic (exact) mass is 603 g/mol. The molecule has 1 N–H and O–H groups in total. The van der Waals surface area contributed by atoms with Gasteiger partial charge in [0, 0.05) is 23.1 Å². The van der Waals surface area contributed by atoms with Gasteiger partial charge in [-0.05, 0) is 67.3 Å². The molecule has 0 aliphatic heterocycles. The molecule has 0 aromatic heterocycles. The Labute approximate surface area is 247 Å². The average Bonchev–Trinajstić information content (AvgIpc) is 2.93. The molecule has 0 aliphatic rings. The molecule has 3 aromatic carbocycles. The molecule has 0 fully saturated rings. The lowest BCUT2D eigenvalue weighted by molar-refractivity contribution is -0.140. The molecule has 0 spiro atoms. The van der Waals surface area contributed by atoms with Crippen LogP contribution < -0.4 is 9.62 Å². The van der Waals surface area contributed by atoms with Crippen LogP contribution in [0.5, 0.6) is 0 Å². The smallest absolute Gasteiger partial charge is 0.264 e. The van der Waals surface area contributed by atoms with E-state index >= 15 is 0 Å². The molecule has 3 rings (SSSR count). The van der Waals surface area contributed by atoms with E-state index in [2.05, 4.69) is 5.32 Å². The number of nitrogens with one attached hydrogen (secondary N) is 1. The number of hydrogen-bond acceptors (Lipinski definition) is 4. The summed E-state index contributed by atoms with van der Waals surface area (Å²) < 4.78 is 28.8. The Hall–Kier alpha value is -3.07. The third-order valence-electron chi connectivity index (χ3n) is 6.47. The van der Waals surface area contributed by atoms with Gasteiger partial charge in [0.15, 0.2) is 0 Å². The van der Waals surface area contributed by atoms with Crippen molar-refractivity contribution in [1.82, 2.24) is 10.2 Å². The molecular formula is C30H35Cl2N3O4S. The standard InChI is InChI=1S/C30H35Cl2N3O4S/c1-4-6-17-33-30(37)28(5-2)34(20-23-15-16-24(31)19-27(23)32)29(36)21-35(25-12-10-11-22(3)18-25)40(38,39)26-13-8-7-9-14-26/h7-16,18-19,28H,4-6,17,20-21H2,1-3H3,(H,33,37). The van der Waals surface area contributed by atoms with Gasteiger partial charge in [-0.25, -0.2) is 8.42 Å². The Bertz CT molecular complexity index is 1420. The second-order valence-corrected chi connectivity index (χ2v) is 12.2. The number of carbonyl (C=O) groups is 2. The maximum absolute atomic E-state index is 14.1. The maximum Gasteiger partial charge on any atom is 0.264 e. The largest absolute Gasteiger partial charge is 0.354 e. The second-order valence-electron chi connectivity index (χ2n) is 9.49. The van der Waals surface area contributed by atoms with Gasteiger partial charge < -0.3 is 10.2 Å². The van der Waals surface area contributed by atoms with Gasteiger partial charge in [-0.15, -0.1) is 0 Å². The summed E-state index contributed by atoms with van der Waals surface area (Å²) in [7, 11) is -4.11. The van der Waals surface area contributed by atoms with Crippen LogP contribution in [-0.4, -0.2) is 44.3 Å². The summed E-state index contributed by atoms with van der Waals surface area (Å²) in [4.78, 5) is 28.8. The Morgan fingerprint density at radius 3 is 2.30 bits per heavy atom. The number of hydrogen-bond donors (Lipinski definition) is 1. The summed E-state index contributed by atoms with van der Waals surface area (Å²) in [5.74, 6) is -0.841. The van der Waals surface area contributed by atoms with Gasteiger partial charge in [0.2, 0.25) is 11.8 Å². The molecule has 0 aliphatic carbocycles. The van der Waals surface area contributed by atoms with Gasteiger partial charge in [0.25, 0.3) is 10.0 Å². The van der Waals surface area contributed by atoms with Gasteiger partial charge in [-0.1, -0.05) is 79.9 Å². The first kappa shape index (κ1) is 31.5. The highest BCUT2D eigenvalue weighted by molar-refractivity contribution is 7.92. The van der Waals surface area contributed by atoms with E-state index < -0.39 is 28.5 Å². The zero-order valence-corrected chi connectivity index (χ0v) is 25.3. The van der Waals surface area contributed by atoms with E-state index in [1.165, 1.54) is 17.0 Å². The predicted molar refractivity (Wildman–Crippen MR) is 161 cm³/mol. The number of anilines is 1. The number of unbranched alkanes of at least 4 members (excludes halogenated alkanes) is 1. The highest BCUT2D eigenvalue weighted by Gasteiger charge is 2.33. The first-order valence-electron chi connectivity index (χ1n) is 13.2. The van der Waals surface area contributed by atoms with E-state index in [4.69, 9.17) is 23.2 Å². The van der Waals surface area contributed by atoms with Gasteiger partial charge in [-0.3, -0.25) is 13.9 Å². The molecular weight excluding hydrogens is 569 g/mol. The van der Waals surface area contributed by atoms with E-state index in [0.29, 0.717) is 34.3 Å². The van der Waals surface area contributed by atoms with Crippen molar-refractivity contribution in [1.29, 1.82) is 0 Å². The minimum Gasteiger partial charge on any atom is -0.354 e. The number of halogens is 2. The fraction of sp³-hybridized carbons (Fsp3) is 0.333. The summed E-state index contributed by atoms with van der Waals surface area (Å²) in [6, 6.07) is 19.0. The van der Waals surface area contributed by atoms with Crippen molar-refractivity contribution in [3.63, 3.8) is 0 Å². The molecule has 2 amide bonds. The fourth-order valence-electron chi connectivity index (χ4n) is 4.29. The normalized spacial score (nSPS) is 12.0. The topological polar surface area (TPSA) is 86.8 Å². The molecule has 0 bridgehead atoms. The highest BCUT2D eigenvalue weighted by Crippen LogP contribution is 2.27. The van der Waals surface area contributed by atoms with Crippen LogP contribution in [0.3, 0.4) is 0 Å². The van der Waals surface area contributed by atoms with Crippen LogP contribution in [0.1, 0.15) is 44.2 Å². The first-order valence-corrected chi connectivity index (χ1v) is 15.4. The lowest BCUT2D eigenvalue weighted by Crippen LogP contribution is -2.52. The number of benzene rings is 3. The lowest BCUT2D eigenvalue weighted by Gasteiger charge is -2.33. The third kappa shape index (κ3) is 7.99. The molecule has 3 aromatic rings. The van der Waals surface area contributed by atoms with Crippen LogP contribution in [0.2, 0.25) is 10.0 Å². The molecule has 10 heteroatoms. The zero-order valence-electron chi connectivity index (χ0n) is 22.9. The summed E-state index contributed by atoms with van der Waals surface area (Å²) in [6.07, 6.45) is 2.03. The Balaban J connectivity index is 2.05. The van der Waals surface area contributed by atoms with Crippen LogP contribution in [-0.2, 0) is 26.2 Å². The van der Waals surface area contributed by atoms with E-state index in [9.17, 15) is 18.0 Å². The van der Waals surface area contributed by atoms with Crippen molar-refractivity contribution < 1.29 is 18.0 Å². The molecule has 1 unspecified atom stereocenters. The Morgan fingerprint density at radius 1 is 0.950 bits per heavy atom. The number of nitrogens with zero attached hydrogens (tertiary/aromatic N) is 2. The van der Waals surface area contributed by atoms with Crippen molar-refractivity contribution in [2.24, 2.45) is 0 Å². The van der Waals surface area contributed by atoms with E-state index in [1.54, 1.807) is 54.6 Å². The van der Waals surface area contributed by atoms with Crippen LogP contribution in [0.15, 0.2) is 77.7 Å². The third-order valence-corrected chi connectivity index (χ3v) is 8.85. The zero-order chi connectivity index (χ0) is 29.3. The van der Waals surface area contributed by atoms with Gasteiger partial charge in [0.05, 0.1) is 10.6 Å². The van der Waals surface area contributed by atoms with Crippen molar-refractivity contribution in [2.45, 2.75) is 57.5 Å². The summed E-state index contributed by atoms with van der Waals surface area (Å²) in [5.41, 5.74) is 1.78.